The van der Waals surface area contributed by atoms with E-state index in [9.17, 15) is 0 Å². The van der Waals surface area contributed by atoms with Gasteiger partial charge >= 0.3 is 0 Å². The summed E-state index contributed by atoms with van der Waals surface area (Å²) >= 11 is 0. The molecule has 0 radical (unpaired) electrons. The normalized spacial score (nSPS) is 12.4. The average molecular weight is 460 g/mol. The van der Waals surface area contributed by atoms with E-state index in [0.29, 0.717) is 0 Å². The van der Waals surface area contributed by atoms with Crippen molar-refractivity contribution in [2.24, 2.45) is 0 Å². The number of hydrogen-bond acceptors (Lipinski definition) is 3. The molecular formula is C32H17N3O. The highest BCUT2D eigenvalue weighted by atomic mass is 16.3. The first kappa shape index (κ1) is 18.4. The number of fused-ring (bicyclic) bond motifs is 11. The molecule has 0 amide bonds. The highest BCUT2D eigenvalue weighted by molar-refractivity contribution is 6.32. The van der Waals surface area contributed by atoms with Crippen molar-refractivity contribution in [3.8, 4) is 11.1 Å². The van der Waals surface area contributed by atoms with Gasteiger partial charge in [0.15, 0.2) is 5.65 Å². The van der Waals surface area contributed by atoms with Crippen LogP contribution in [0, 0.1) is 0 Å². The molecule has 0 aliphatic carbocycles. The van der Waals surface area contributed by atoms with Crippen LogP contribution >= 0.6 is 0 Å². The van der Waals surface area contributed by atoms with Crippen LogP contribution in [0.3, 0.4) is 0 Å². The van der Waals surface area contributed by atoms with Gasteiger partial charge < -0.3 is 4.42 Å². The maximum Gasteiger partial charge on any atom is 0.165 e. The third kappa shape index (κ3) is 2.19. The lowest BCUT2D eigenvalue weighted by atomic mass is 10.0. The van der Waals surface area contributed by atoms with Crippen LogP contribution in [0.1, 0.15) is 0 Å². The number of rotatable bonds is 1. The topological polar surface area (TPSA) is 43.3 Å². The van der Waals surface area contributed by atoms with Crippen molar-refractivity contribution in [2.45, 2.75) is 0 Å². The lowest BCUT2D eigenvalue weighted by Crippen LogP contribution is -1.89. The van der Waals surface area contributed by atoms with Gasteiger partial charge in [-0.15, -0.1) is 0 Å². The molecule has 5 aromatic carbocycles. The summed E-state index contributed by atoms with van der Waals surface area (Å²) in [5.74, 6) is 0. The monoisotopic (exact) mass is 459 g/mol. The zero-order valence-corrected chi connectivity index (χ0v) is 19.1. The van der Waals surface area contributed by atoms with Crippen LogP contribution in [-0.4, -0.2) is 14.4 Å². The smallest absolute Gasteiger partial charge is 0.165 e. The maximum absolute atomic E-state index is 6.49. The SMILES string of the molecule is c1ccc(-c2ccc3c(c2)c2cc4c5ccccc5oc4c4c5nc6ccccc6nc5n3c24)cc1. The fraction of sp³-hybridized carbons (Fsp3) is 0. The van der Waals surface area contributed by atoms with E-state index >= 15 is 0 Å². The predicted molar refractivity (Wildman–Crippen MR) is 147 cm³/mol. The van der Waals surface area contributed by atoms with Gasteiger partial charge in [0.1, 0.15) is 16.7 Å². The summed E-state index contributed by atoms with van der Waals surface area (Å²) in [6.45, 7) is 0. The Bertz CT molecular complexity index is 2310. The quantitative estimate of drug-likeness (QED) is 0.248. The van der Waals surface area contributed by atoms with Gasteiger partial charge in [-0.05, 0) is 47.5 Å². The van der Waals surface area contributed by atoms with E-state index in [2.05, 4.69) is 71.1 Å². The molecule has 0 unspecified atom stereocenters. The molecule has 4 nitrogen and oxygen atoms in total. The van der Waals surface area contributed by atoms with E-state index in [1.165, 1.54) is 21.9 Å². The molecule has 4 heteroatoms. The van der Waals surface area contributed by atoms with Crippen LogP contribution in [0.25, 0.3) is 82.5 Å². The molecule has 0 saturated carbocycles. The molecule has 4 heterocycles. The van der Waals surface area contributed by atoms with Crippen LogP contribution in [0.4, 0.5) is 0 Å². The van der Waals surface area contributed by atoms with Crippen molar-refractivity contribution in [3.63, 3.8) is 0 Å². The van der Waals surface area contributed by atoms with Crippen molar-refractivity contribution in [2.75, 3.05) is 0 Å². The molecule has 0 aliphatic heterocycles. The maximum atomic E-state index is 6.49. The van der Waals surface area contributed by atoms with Gasteiger partial charge in [0.05, 0.1) is 27.5 Å². The average Bonchev–Trinajstić information content (AvgIpc) is 3.57. The van der Waals surface area contributed by atoms with Crippen LogP contribution in [-0.2, 0) is 0 Å². The molecule has 0 spiro atoms. The number of furan rings is 1. The summed E-state index contributed by atoms with van der Waals surface area (Å²) in [5, 5.41) is 5.67. The summed E-state index contributed by atoms with van der Waals surface area (Å²) in [6, 6.07) is 35.9. The first-order valence-electron chi connectivity index (χ1n) is 12.1. The Balaban J connectivity index is 1.57. The number of nitrogens with zero attached hydrogens (tertiary/aromatic N) is 3. The van der Waals surface area contributed by atoms with Crippen molar-refractivity contribution in [1.29, 1.82) is 0 Å². The van der Waals surface area contributed by atoms with Crippen molar-refractivity contribution >= 4 is 71.3 Å². The largest absolute Gasteiger partial charge is 0.455 e. The fourth-order valence-electron chi connectivity index (χ4n) is 5.92. The fourth-order valence-corrected chi connectivity index (χ4v) is 5.92. The van der Waals surface area contributed by atoms with Crippen molar-refractivity contribution in [1.82, 2.24) is 14.4 Å². The lowest BCUT2D eigenvalue weighted by Gasteiger charge is -2.04. The van der Waals surface area contributed by atoms with E-state index in [0.717, 1.165) is 60.6 Å². The Kier molecular flexibility index (Phi) is 3.25. The Morgan fingerprint density at radius 3 is 2.25 bits per heavy atom. The van der Waals surface area contributed by atoms with Gasteiger partial charge in [-0.3, -0.25) is 4.40 Å². The molecule has 0 fully saturated rings. The highest BCUT2D eigenvalue weighted by Crippen LogP contribution is 2.45. The van der Waals surface area contributed by atoms with Crippen molar-refractivity contribution in [3.05, 3.63) is 103 Å². The van der Waals surface area contributed by atoms with Gasteiger partial charge in [0.2, 0.25) is 0 Å². The minimum atomic E-state index is 0.865. The Labute approximate surface area is 204 Å². The Morgan fingerprint density at radius 1 is 0.583 bits per heavy atom. The first-order valence-corrected chi connectivity index (χ1v) is 12.1. The molecule has 9 aromatic rings. The van der Waals surface area contributed by atoms with Gasteiger partial charge in [0.25, 0.3) is 0 Å². The minimum absolute atomic E-state index is 0.865. The van der Waals surface area contributed by atoms with Gasteiger partial charge in [-0.2, -0.15) is 0 Å². The standard InChI is InChI=1S/C32H17N3O/c1-2-8-18(9-3-1)19-14-15-26-21(16-19)22-17-23-20-10-4-7-13-27(20)36-31(23)28-29-32(35(26)30(22)28)34-25-12-6-5-11-24(25)33-29/h1-17H. The second kappa shape index (κ2) is 6.37. The summed E-state index contributed by atoms with van der Waals surface area (Å²) < 4.78 is 8.77. The third-order valence-corrected chi connectivity index (χ3v) is 7.50. The Morgan fingerprint density at radius 2 is 1.36 bits per heavy atom. The molecule has 36 heavy (non-hydrogen) atoms. The molecule has 4 aromatic heterocycles. The highest BCUT2D eigenvalue weighted by Gasteiger charge is 2.25. The molecule has 0 saturated heterocycles. The summed E-state index contributed by atoms with van der Waals surface area (Å²) in [5.41, 5.74) is 9.94. The summed E-state index contributed by atoms with van der Waals surface area (Å²) in [4.78, 5) is 10.2. The zero-order valence-electron chi connectivity index (χ0n) is 19.1. The molecule has 9 rings (SSSR count). The number of para-hydroxylation sites is 3. The van der Waals surface area contributed by atoms with Gasteiger partial charge in [-0.1, -0.05) is 66.7 Å². The molecule has 0 N–H and O–H groups in total. The molecule has 0 aliphatic rings. The van der Waals surface area contributed by atoms with Crippen molar-refractivity contribution < 1.29 is 4.42 Å². The third-order valence-electron chi connectivity index (χ3n) is 7.50. The lowest BCUT2D eigenvalue weighted by molar-refractivity contribution is 0.673. The first-order chi connectivity index (χ1) is 17.8. The van der Waals surface area contributed by atoms with E-state index in [1.807, 2.05) is 36.4 Å². The second-order valence-electron chi connectivity index (χ2n) is 9.44. The molecule has 0 bridgehead atoms. The molecular weight excluding hydrogens is 442 g/mol. The summed E-state index contributed by atoms with van der Waals surface area (Å²) in [6.07, 6.45) is 0. The molecule has 166 valence electrons. The van der Waals surface area contributed by atoms with Crippen LogP contribution in [0.2, 0.25) is 0 Å². The van der Waals surface area contributed by atoms with Gasteiger partial charge in [-0.25, -0.2) is 9.97 Å². The second-order valence-corrected chi connectivity index (χ2v) is 9.44. The zero-order chi connectivity index (χ0) is 23.4. The van der Waals surface area contributed by atoms with Gasteiger partial charge in [0, 0.05) is 21.5 Å². The Hall–Kier alpha value is -4.96. The molecule has 0 atom stereocenters. The van der Waals surface area contributed by atoms with E-state index < -0.39 is 0 Å². The van der Waals surface area contributed by atoms with E-state index in [4.69, 9.17) is 14.4 Å². The van der Waals surface area contributed by atoms with Crippen LogP contribution in [0.15, 0.2) is 108 Å². The summed E-state index contributed by atoms with van der Waals surface area (Å²) in [7, 11) is 0. The van der Waals surface area contributed by atoms with E-state index in [1.54, 1.807) is 0 Å². The minimum Gasteiger partial charge on any atom is -0.455 e. The number of hydrogen-bond donors (Lipinski definition) is 0. The number of benzene rings is 5. The predicted octanol–water partition coefficient (Wildman–Crippen LogP) is 8.35. The van der Waals surface area contributed by atoms with Crippen LogP contribution in [0.5, 0.6) is 0 Å². The van der Waals surface area contributed by atoms with Crippen LogP contribution < -0.4 is 0 Å². The van der Waals surface area contributed by atoms with E-state index in [-0.39, 0.29) is 0 Å². The number of aromatic nitrogens is 3.